The van der Waals surface area contributed by atoms with E-state index >= 15 is 0 Å². The lowest BCUT2D eigenvalue weighted by Crippen LogP contribution is -2.10. The van der Waals surface area contributed by atoms with Crippen molar-refractivity contribution in [3.05, 3.63) is 47.2 Å². The number of anilines is 1. The minimum absolute atomic E-state index is 0.0906. The Morgan fingerprint density at radius 1 is 1.34 bits per heavy atom. The number of benzene rings is 1. The van der Waals surface area contributed by atoms with Crippen molar-refractivity contribution in [2.24, 2.45) is 0 Å². The second kappa shape index (κ2) is 9.46. The van der Waals surface area contributed by atoms with Crippen LogP contribution in [-0.4, -0.2) is 38.4 Å². The van der Waals surface area contributed by atoms with Gasteiger partial charge >= 0.3 is 5.97 Å². The average molecular weight is 417 g/mol. The number of hydrogen-bond donors (Lipinski definition) is 1. The molecule has 0 spiro atoms. The smallest absolute Gasteiger partial charge is 0.343 e. The monoisotopic (exact) mass is 417 g/mol. The summed E-state index contributed by atoms with van der Waals surface area (Å²) in [5, 5.41) is 4.37. The molecule has 10 heteroatoms. The van der Waals surface area contributed by atoms with E-state index in [-0.39, 0.29) is 23.8 Å². The van der Waals surface area contributed by atoms with E-state index in [4.69, 9.17) is 15.0 Å². The first-order chi connectivity index (χ1) is 14.0. The lowest BCUT2D eigenvalue weighted by atomic mass is 10.1. The Morgan fingerprint density at radius 3 is 2.90 bits per heavy atom. The van der Waals surface area contributed by atoms with Gasteiger partial charge in [0.25, 0.3) is 0 Å². The number of nitrogen functional groups attached to an aromatic ring is 1. The van der Waals surface area contributed by atoms with E-state index in [1.807, 2.05) is 0 Å². The molecule has 2 aromatic heterocycles. The molecule has 2 heterocycles. The first-order valence-electron chi connectivity index (χ1n) is 8.99. The Bertz CT molecular complexity index is 1010. The third-order valence-electron chi connectivity index (χ3n) is 3.96. The van der Waals surface area contributed by atoms with Crippen molar-refractivity contribution in [1.29, 1.82) is 0 Å². The molecule has 0 saturated heterocycles. The molecule has 1 aromatic carbocycles. The number of carbonyl (C=O) groups is 1. The molecule has 0 radical (unpaired) electrons. The van der Waals surface area contributed by atoms with Crippen molar-refractivity contribution in [2.45, 2.75) is 31.8 Å². The fraction of sp³-hybridized carbons (Fsp3) is 0.316. The van der Waals surface area contributed by atoms with Crippen LogP contribution in [0.1, 0.15) is 35.2 Å². The van der Waals surface area contributed by atoms with Crippen LogP contribution in [0.25, 0.3) is 11.4 Å². The third kappa shape index (κ3) is 5.29. The first-order valence-corrected chi connectivity index (χ1v) is 9.98. The summed E-state index contributed by atoms with van der Waals surface area (Å²) in [7, 11) is 0. The van der Waals surface area contributed by atoms with E-state index in [0.29, 0.717) is 40.2 Å². The Labute approximate surface area is 171 Å². The van der Waals surface area contributed by atoms with Crippen LogP contribution in [0.4, 0.5) is 10.2 Å². The zero-order valence-electron chi connectivity index (χ0n) is 16.0. The second-order valence-corrected chi connectivity index (χ2v) is 7.16. The molecule has 0 unspecified atom stereocenters. The fourth-order valence-corrected chi connectivity index (χ4v) is 3.17. The lowest BCUT2D eigenvalue weighted by Gasteiger charge is -2.05. The molecule has 0 aliphatic carbocycles. The number of aryl methyl sites for hydroxylation is 2. The Balaban J connectivity index is 1.51. The maximum Gasteiger partial charge on any atom is 0.343 e. The zero-order valence-corrected chi connectivity index (χ0v) is 16.8. The predicted octanol–water partition coefficient (Wildman–Crippen LogP) is 3.46. The van der Waals surface area contributed by atoms with Gasteiger partial charge in [0.15, 0.2) is 5.16 Å². The van der Waals surface area contributed by atoms with Gasteiger partial charge in [-0.3, -0.25) is 0 Å². The molecule has 29 heavy (non-hydrogen) atoms. The van der Waals surface area contributed by atoms with Crippen molar-refractivity contribution in [3.63, 3.8) is 0 Å². The van der Waals surface area contributed by atoms with Crippen LogP contribution in [0.15, 0.2) is 34.1 Å². The molecule has 3 aromatic rings. The summed E-state index contributed by atoms with van der Waals surface area (Å²) < 4.78 is 23.8. The topological polar surface area (TPSA) is 117 Å². The number of hydrogen-bond acceptors (Lipinski definition) is 9. The van der Waals surface area contributed by atoms with Crippen molar-refractivity contribution in [3.8, 4) is 11.4 Å². The molecule has 8 nitrogen and oxygen atoms in total. The molecular weight excluding hydrogens is 397 g/mol. The van der Waals surface area contributed by atoms with Gasteiger partial charge in [0, 0.05) is 23.9 Å². The van der Waals surface area contributed by atoms with Crippen LogP contribution in [0.2, 0.25) is 0 Å². The predicted molar refractivity (Wildman–Crippen MR) is 106 cm³/mol. The van der Waals surface area contributed by atoms with E-state index in [1.165, 1.54) is 24.0 Å². The van der Waals surface area contributed by atoms with Gasteiger partial charge in [-0.25, -0.2) is 19.2 Å². The van der Waals surface area contributed by atoms with Crippen molar-refractivity contribution in [2.75, 3.05) is 18.1 Å². The van der Waals surface area contributed by atoms with E-state index in [2.05, 4.69) is 20.1 Å². The largest absolute Gasteiger partial charge is 0.462 e. The summed E-state index contributed by atoms with van der Waals surface area (Å²) in [4.78, 5) is 24.3. The van der Waals surface area contributed by atoms with Crippen molar-refractivity contribution < 1.29 is 18.4 Å². The van der Waals surface area contributed by atoms with Crippen LogP contribution in [-0.2, 0) is 11.2 Å². The normalized spacial score (nSPS) is 10.9. The summed E-state index contributed by atoms with van der Waals surface area (Å²) in [5.74, 6) is 0.764. The van der Waals surface area contributed by atoms with Gasteiger partial charge in [0.2, 0.25) is 11.7 Å². The van der Waals surface area contributed by atoms with Gasteiger partial charge in [-0.15, -0.1) is 0 Å². The molecular formula is C19H20FN5O3S. The minimum Gasteiger partial charge on any atom is -0.462 e. The van der Waals surface area contributed by atoms with Crippen LogP contribution in [0.3, 0.4) is 0 Å². The van der Waals surface area contributed by atoms with E-state index in [1.54, 1.807) is 26.0 Å². The van der Waals surface area contributed by atoms with Crippen LogP contribution < -0.4 is 5.73 Å². The Hall–Kier alpha value is -3.01. The number of carbonyl (C=O) groups excluding carboxylic acids is 1. The third-order valence-corrected chi connectivity index (χ3v) is 4.90. The van der Waals surface area contributed by atoms with Gasteiger partial charge in [-0.2, -0.15) is 4.98 Å². The number of ether oxygens (including phenoxy) is 1. The van der Waals surface area contributed by atoms with Crippen LogP contribution in [0.5, 0.6) is 0 Å². The number of aromatic nitrogens is 4. The molecule has 2 N–H and O–H groups in total. The molecule has 0 aliphatic rings. The number of nitrogens with zero attached hydrogens (tertiary/aromatic N) is 4. The average Bonchev–Trinajstić information content (AvgIpc) is 3.16. The molecule has 0 saturated carbocycles. The molecule has 152 valence electrons. The highest BCUT2D eigenvalue weighted by Gasteiger charge is 2.14. The number of rotatable bonds is 8. The molecule has 0 bridgehead atoms. The van der Waals surface area contributed by atoms with Gasteiger partial charge < -0.3 is 15.0 Å². The quantitative estimate of drug-likeness (QED) is 0.254. The fourth-order valence-electron chi connectivity index (χ4n) is 2.41. The first kappa shape index (κ1) is 20.7. The number of nitrogens with two attached hydrogens (primary N) is 1. The molecule has 0 amide bonds. The van der Waals surface area contributed by atoms with E-state index in [9.17, 15) is 9.18 Å². The highest BCUT2D eigenvalue weighted by atomic mass is 32.2. The number of halogens is 1. The molecule has 0 atom stereocenters. The standard InChI is InChI=1S/C19H20FN5O3S/c1-3-27-18(26)13-10-22-19(24-16(13)21)29-8-4-5-15-23-17(25-28-15)12-7-6-11(2)14(20)9-12/h6-7,9-10H,3-5,8H2,1-2H3,(H2,21,22,24). The summed E-state index contributed by atoms with van der Waals surface area (Å²) in [6.07, 6.45) is 2.66. The highest BCUT2D eigenvalue weighted by Crippen LogP contribution is 2.21. The van der Waals surface area contributed by atoms with Gasteiger partial charge in [-0.05, 0) is 31.9 Å². The summed E-state index contributed by atoms with van der Waals surface area (Å²) in [5.41, 5.74) is 7.09. The second-order valence-electron chi connectivity index (χ2n) is 6.10. The summed E-state index contributed by atoms with van der Waals surface area (Å²) in [6.45, 7) is 3.66. The Kier molecular flexibility index (Phi) is 6.76. The summed E-state index contributed by atoms with van der Waals surface area (Å²) in [6, 6.07) is 4.82. The van der Waals surface area contributed by atoms with Gasteiger partial charge in [0.1, 0.15) is 17.2 Å². The van der Waals surface area contributed by atoms with Gasteiger partial charge in [0.05, 0.1) is 6.61 Å². The minimum atomic E-state index is -0.540. The Morgan fingerprint density at radius 2 is 2.17 bits per heavy atom. The van der Waals surface area contributed by atoms with E-state index < -0.39 is 5.97 Å². The molecule has 3 rings (SSSR count). The molecule has 0 aliphatic heterocycles. The van der Waals surface area contributed by atoms with E-state index in [0.717, 1.165) is 6.42 Å². The maximum absolute atomic E-state index is 13.7. The van der Waals surface area contributed by atoms with Crippen LogP contribution in [0, 0.1) is 12.7 Å². The number of esters is 1. The SMILES string of the molecule is CCOC(=O)c1cnc(SCCCc2nc(-c3ccc(C)c(F)c3)no2)nc1N. The number of thioether (sulfide) groups is 1. The van der Waals surface area contributed by atoms with Crippen molar-refractivity contribution >= 4 is 23.5 Å². The molecule has 0 fully saturated rings. The zero-order chi connectivity index (χ0) is 20.8. The van der Waals surface area contributed by atoms with Crippen LogP contribution >= 0.6 is 11.8 Å². The highest BCUT2D eigenvalue weighted by molar-refractivity contribution is 7.99. The summed E-state index contributed by atoms with van der Waals surface area (Å²) >= 11 is 1.40. The van der Waals surface area contributed by atoms with Gasteiger partial charge in [-0.1, -0.05) is 29.1 Å². The maximum atomic E-state index is 13.7. The lowest BCUT2D eigenvalue weighted by molar-refractivity contribution is 0.0526. The van der Waals surface area contributed by atoms with Crippen molar-refractivity contribution in [1.82, 2.24) is 20.1 Å².